The van der Waals surface area contributed by atoms with E-state index < -0.39 is 11.8 Å². The molecule has 0 spiro atoms. The molecule has 184 valence electrons. The van der Waals surface area contributed by atoms with E-state index in [1.54, 1.807) is 44.7 Å². The van der Waals surface area contributed by atoms with Gasteiger partial charge in [-0.2, -0.15) is 0 Å². The molecular formula is C28H28N4O4. The minimum Gasteiger partial charge on any atom is -0.493 e. The summed E-state index contributed by atoms with van der Waals surface area (Å²) in [5.74, 6) is 0.905. The summed E-state index contributed by atoms with van der Waals surface area (Å²) in [5, 5.41) is 0. The molecule has 0 saturated heterocycles. The number of hydrogen-bond acceptors (Lipinski definition) is 6. The van der Waals surface area contributed by atoms with Crippen LogP contribution in [0.1, 0.15) is 69.0 Å². The Morgan fingerprint density at radius 1 is 0.889 bits per heavy atom. The van der Waals surface area contributed by atoms with Gasteiger partial charge in [0.25, 0.3) is 11.8 Å². The first-order valence-corrected chi connectivity index (χ1v) is 12.0. The monoisotopic (exact) mass is 484 g/mol. The molecule has 2 N–H and O–H groups in total. The molecule has 5 rings (SSSR count). The van der Waals surface area contributed by atoms with E-state index in [0.29, 0.717) is 22.8 Å². The summed E-state index contributed by atoms with van der Waals surface area (Å²) in [5.41, 5.74) is 9.73. The van der Waals surface area contributed by atoms with Crippen molar-refractivity contribution < 1.29 is 19.1 Å². The molecule has 8 heteroatoms. The van der Waals surface area contributed by atoms with Crippen LogP contribution in [0.4, 0.5) is 0 Å². The van der Waals surface area contributed by atoms with E-state index in [1.165, 1.54) is 24.6 Å². The molecule has 36 heavy (non-hydrogen) atoms. The van der Waals surface area contributed by atoms with Crippen molar-refractivity contribution in [2.24, 2.45) is 4.99 Å². The average molecular weight is 485 g/mol. The first kappa shape index (κ1) is 23.5. The van der Waals surface area contributed by atoms with Gasteiger partial charge in [0.2, 0.25) is 0 Å². The predicted octanol–water partition coefficient (Wildman–Crippen LogP) is 4.05. The van der Waals surface area contributed by atoms with Gasteiger partial charge in [0, 0.05) is 35.0 Å². The van der Waals surface area contributed by atoms with E-state index in [4.69, 9.17) is 14.5 Å². The minimum absolute atomic E-state index is 0.227. The van der Waals surface area contributed by atoms with Crippen molar-refractivity contribution >= 4 is 17.5 Å². The van der Waals surface area contributed by atoms with Crippen LogP contribution in [-0.4, -0.2) is 42.8 Å². The van der Waals surface area contributed by atoms with Crippen LogP contribution >= 0.6 is 0 Å². The number of nitrogens with one attached hydrogen (secondary N) is 2. The summed E-state index contributed by atoms with van der Waals surface area (Å²) in [6.07, 6.45) is 7.53. The standard InChI is InChI=1S/C28H28N4O4/c1-35-24-14-21-20-7-3-4-8-23(20)30-26(22(21)15-25(24)36-2)17-9-11-18(12-10-17)27(33)31-32-28(34)19-6-5-13-29-16-19/h5-6,9-16,20,23H,3-4,7-8H2,1-2H3,(H,31,33)(H,32,34)/t20-,23-/m1/s1. The molecule has 2 atom stereocenters. The summed E-state index contributed by atoms with van der Waals surface area (Å²) in [6.45, 7) is 0. The SMILES string of the molecule is COc1cc2c(cc1OC)[C@H]1CCCC[C@H]1N=C2c1ccc(C(=O)NNC(=O)c2cccnc2)cc1. The van der Waals surface area contributed by atoms with E-state index in [1.807, 2.05) is 18.2 Å². The van der Waals surface area contributed by atoms with Crippen molar-refractivity contribution in [2.45, 2.75) is 37.6 Å². The molecule has 1 aromatic heterocycles. The van der Waals surface area contributed by atoms with Gasteiger partial charge in [-0.05, 0) is 54.8 Å². The maximum Gasteiger partial charge on any atom is 0.271 e. The summed E-state index contributed by atoms with van der Waals surface area (Å²) in [6, 6.07) is 14.8. The second kappa shape index (κ2) is 10.2. The molecule has 1 aliphatic carbocycles. The molecule has 3 aromatic rings. The van der Waals surface area contributed by atoms with E-state index in [-0.39, 0.29) is 6.04 Å². The third kappa shape index (κ3) is 4.54. The van der Waals surface area contributed by atoms with Crippen molar-refractivity contribution in [3.8, 4) is 11.5 Å². The number of rotatable bonds is 5. The number of carbonyl (C=O) groups excluding carboxylic acids is 2. The molecule has 2 aliphatic rings. The lowest BCUT2D eigenvalue weighted by molar-refractivity contribution is 0.0846. The second-order valence-corrected chi connectivity index (χ2v) is 8.96. The van der Waals surface area contributed by atoms with E-state index in [0.717, 1.165) is 35.4 Å². The molecule has 2 amide bonds. The second-order valence-electron chi connectivity index (χ2n) is 8.96. The highest BCUT2D eigenvalue weighted by molar-refractivity contribution is 6.15. The van der Waals surface area contributed by atoms with Gasteiger partial charge in [-0.3, -0.25) is 30.4 Å². The zero-order valence-corrected chi connectivity index (χ0v) is 20.3. The fourth-order valence-corrected chi connectivity index (χ4v) is 5.03. The number of carbonyl (C=O) groups is 2. The molecule has 8 nitrogen and oxygen atoms in total. The molecule has 1 aliphatic heterocycles. The summed E-state index contributed by atoms with van der Waals surface area (Å²) in [4.78, 5) is 33.9. The fourth-order valence-electron chi connectivity index (χ4n) is 5.03. The van der Waals surface area contributed by atoms with E-state index in [9.17, 15) is 9.59 Å². The normalized spacial score (nSPS) is 18.2. The Morgan fingerprint density at radius 2 is 1.58 bits per heavy atom. The lowest BCUT2D eigenvalue weighted by atomic mass is 9.75. The van der Waals surface area contributed by atoms with Gasteiger partial charge in [0.05, 0.1) is 31.5 Å². The summed E-state index contributed by atoms with van der Waals surface area (Å²) >= 11 is 0. The van der Waals surface area contributed by atoms with Crippen LogP contribution < -0.4 is 20.3 Å². The van der Waals surface area contributed by atoms with E-state index >= 15 is 0 Å². The van der Waals surface area contributed by atoms with Gasteiger partial charge in [0.1, 0.15) is 0 Å². The molecule has 0 radical (unpaired) electrons. The van der Waals surface area contributed by atoms with Crippen LogP contribution in [0.2, 0.25) is 0 Å². The first-order valence-electron chi connectivity index (χ1n) is 12.0. The Kier molecular flexibility index (Phi) is 6.66. The summed E-state index contributed by atoms with van der Waals surface area (Å²) < 4.78 is 11.2. The Labute approximate surface area is 209 Å². The van der Waals surface area contributed by atoms with Crippen molar-refractivity contribution in [3.63, 3.8) is 0 Å². The number of fused-ring (bicyclic) bond motifs is 3. The van der Waals surface area contributed by atoms with Crippen LogP contribution in [-0.2, 0) is 0 Å². The van der Waals surface area contributed by atoms with Gasteiger partial charge in [-0.25, -0.2) is 0 Å². The Hall–Kier alpha value is -4.20. The highest BCUT2D eigenvalue weighted by Crippen LogP contribution is 2.44. The van der Waals surface area contributed by atoms with Crippen LogP contribution in [0.3, 0.4) is 0 Å². The third-order valence-electron chi connectivity index (χ3n) is 6.87. The largest absolute Gasteiger partial charge is 0.493 e. The number of pyridine rings is 1. The molecule has 1 saturated carbocycles. The zero-order chi connectivity index (χ0) is 25.1. The fraction of sp³-hybridized carbons (Fsp3) is 0.286. The lowest BCUT2D eigenvalue weighted by Crippen LogP contribution is -2.41. The lowest BCUT2D eigenvalue weighted by Gasteiger charge is -2.35. The predicted molar refractivity (Wildman–Crippen MR) is 136 cm³/mol. The van der Waals surface area contributed by atoms with Crippen molar-refractivity contribution in [1.82, 2.24) is 15.8 Å². The smallest absolute Gasteiger partial charge is 0.271 e. The number of nitrogens with zero attached hydrogens (tertiary/aromatic N) is 2. The van der Waals surface area contributed by atoms with Crippen LogP contribution in [0.25, 0.3) is 0 Å². The topological polar surface area (TPSA) is 102 Å². The van der Waals surface area contributed by atoms with Gasteiger partial charge < -0.3 is 9.47 Å². The molecule has 2 aromatic carbocycles. The number of ether oxygens (including phenoxy) is 2. The molecule has 0 unspecified atom stereocenters. The molecule has 1 fully saturated rings. The number of aliphatic imine (C=N–C) groups is 1. The third-order valence-corrected chi connectivity index (χ3v) is 6.87. The van der Waals surface area contributed by atoms with Gasteiger partial charge in [-0.15, -0.1) is 0 Å². The zero-order valence-electron chi connectivity index (χ0n) is 20.3. The van der Waals surface area contributed by atoms with Gasteiger partial charge >= 0.3 is 0 Å². The Bertz CT molecular complexity index is 1310. The molecule has 0 bridgehead atoms. The van der Waals surface area contributed by atoms with Gasteiger partial charge in [0.15, 0.2) is 11.5 Å². The number of amides is 2. The molecule has 2 heterocycles. The van der Waals surface area contributed by atoms with Crippen molar-refractivity contribution in [2.75, 3.05) is 14.2 Å². The Morgan fingerprint density at radius 3 is 2.28 bits per heavy atom. The Balaban J connectivity index is 1.39. The maximum atomic E-state index is 12.6. The average Bonchev–Trinajstić information content (AvgIpc) is 2.95. The number of hydrazine groups is 1. The maximum absolute atomic E-state index is 12.6. The summed E-state index contributed by atoms with van der Waals surface area (Å²) in [7, 11) is 3.29. The quantitative estimate of drug-likeness (QED) is 0.532. The first-order chi connectivity index (χ1) is 17.6. The highest BCUT2D eigenvalue weighted by atomic mass is 16.5. The van der Waals surface area contributed by atoms with Crippen LogP contribution in [0.15, 0.2) is 65.9 Å². The van der Waals surface area contributed by atoms with Crippen molar-refractivity contribution in [1.29, 1.82) is 0 Å². The minimum atomic E-state index is -0.437. The molecular weight excluding hydrogens is 456 g/mol. The van der Waals surface area contributed by atoms with Crippen molar-refractivity contribution in [3.05, 3.63) is 88.7 Å². The number of benzene rings is 2. The highest BCUT2D eigenvalue weighted by Gasteiger charge is 2.34. The van der Waals surface area contributed by atoms with Gasteiger partial charge in [-0.1, -0.05) is 25.0 Å². The van der Waals surface area contributed by atoms with Crippen LogP contribution in [0, 0.1) is 0 Å². The number of hydrogen-bond donors (Lipinski definition) is 2. The van der Waals surface area contributed by atoms with E-state index in [2.05, 4.69) is 21.9 Å². The number of methoxy groups -OCH3 is 2. The number of aromatic nitrogens is 1. The van der Waals surface area contributed by atoms with Crippen LogP contribution in [0.5, 0.6) is 11.5 Å².